The molecule has 0 radical (unpaired) electrons. The highest BCUT2D eigenvalue weighted by molar-refractivity contribution is 5.79. The molecule has 2 aromatic rings. The Hall–Kier alpha value is -2.09. The zero-order valence-corrected chi connectivity index (χ0v) is 11.1. The molecule has 1 aliphatic rings. The van der Waals surface area contributed by atoms with Gasteiger partial charge in [0.2, 0.25) is 0 Å². The Morgan fingerprint density at radius 3 is 1.95 bits per heavy atom. The highest BCUT2D eigenvalue weighted by Crippen LogP contribution is 2.46. The minimum absolute atomic E-state index is 0.135. The van der Waals surface area contributed by atoms with Crippen molar-refractivity contribution in [2.24, 2.45) is 0 Å². The Morgan fingerprint density at radius 2 is 1.47 bits per heavy atom. The molecule has 0 saturated carbocycles. The van der Waals surface area contributed by atoms with Gasteiger partial charge in [-0.25, -0.2) is 0 Å². The standard InChI is InChI=1S/C17H16O2/c1-11(19-12(2)18)17-15-9-5-3-7-13(15)14-8-4-6-10-16(14)17/h3-11,17H,1-2H3/t11-/m1/s1. The second-order valence-electron chi connectivity index (χ2n) is 4.97. The fraction of sp³-hybridized carbons (Fsp3) is 0.235. The molecule has 0 fully saturated rings. The van der Waals surface area contributed by atoms with E-state index < -0.39 is 0 Å². The minimum atomic E-state index is -0.227. The van der Waals surface area contributed by atoms with Gasteiger partial charge >= 0.3 is 5.97 Å². The monoisotopic (exact) mass is 252 g/mol. The van der Waals surface area contributed by atoms with E-state index in [0.717, 1.165) is 0 Å². The van der Waals surface area contributed by atoms with E-state index in [1.54, 1.807) is 0 Å². The van der Waals surface area contributed by atoms with Gasteiger partial charge in [-0.1, -0.05) is 48.5 Å². The van der Waals surface area contributed by atoms with Crippen LogP contribution in [-0.2, 0) is 9.53 Å². The Morgan fingerprint density at radius 1 is 1.00 bits per heavy atom. The molecule has 0 unspecified atom stereocenters. The average molecular weight is 252 g/mol. The molecule has 1 aliphatic carbocycles. The highest BCUT2D eigenvalue weighted by Gasteiger charge is 2.33. The number of carbonyl (C=O) groups is 1. The lowest BCUT2D eigenvalue weighted by Crippen LogP contribution is -2.20. The van der Waals surface area contributed by atoms with Gasteiger partial charge in [0, 0.05) is 12.8 Å². The molecule has 2 nitrogen and oxygen atoms in total. The number of esters is 1. The van der Waals surface area contributed by atoms with Gasteiger partial charge in [0.05, 0.1) is 0 Å². The molecule has 19 heavy (non-hydrogen) atoms. The van der Waals surface area contributed by atoms with E-state index in [0.29, 0.717) is 0 Å². The summed E-state index contributed by atoms with van der Waals surface area (Å²) in [6.07, 6.45) is -0.151. The fourth-order valence-corrected chi connectivity index (χ4v) is 3.03. The Labute approximate surface area is 113 Å². The van der Waals surface area contributed by atoms with Crippen molar-refractivity contribution in [3.8, 4) is 11.1 Å². The Kier molecular flexibility index (Phi) is 2.86. The molecule has 0 saturated heterocycles. The van der Waals surface area contributed by atoms with Crippen molar-refractivity contribution >= 4 is 5.97 Å². The summed E-state index contributed by atoms with van der Waals surface area (Å²) in [5.41, 5.74) is 5.00. The number of ether oxygens (including phenoxy) is 1. The number of fused-ring (bicyclic) bond motifs is 3. The molecule has 0 aromatic heterocycles. The molecule has 0 N–H and O–H groups in total. The molecule has 2 heteroatoms. The molecule has 1 atom stereocenters. The summed E-state index contributed by atoms with van der Waals surface area (Å²) >= 11 is 0. The first-order chi connectivity index (χ1) is 9.18. The molecular formula is C17H16O2. The number of hydrogen-bond acceptors (Lipinski definition) is 2. The zero-order chi connectivity index (χ0) is 13.4. The lowest BCUT2D eigenvalue weighted by Gasteiger charge is -2.21. The molecule has 0 heterocycles. The van der Waals surface area contributed by atoms with E-state index in [1.807, 2.05) is 19.1 Å². The van der Waals surface area contributed by atoms with Crippen molar-refractivity contribution in [3.63, 3.8) is 0 Å². The summed E-state index contributed by atoms with van der Waals surface area (Å²) in [7, 11) is 0. The summed E-state index contributed by atoms with van der Waals surface area (Å²) in [4.78, 5) is 11.2. The lowest BCUT2D eigenvalue weighted by molar-refractivity contribution is -0.146. The Balaban J connectivity index is 2.12. The van der Waals surface area contributed by atoms with Crippen LogP contribution in [0.1, 0.15) is 30.9 Å². The summed E-state index contributed by atoms with van der Waals surface area (Å²) < 4.78 is 5.41. The topological polar surface area (TPSA) is 26.3 Å². The smallest absolute Gasteiger partial charge is 0.302 e. The maximum absolute atomic E-state index is 11.2. The van der Waals surface area contributed by atoms with Crippen molar-refractivity contribution in [2.45, 2.75) is 25.9 Å². The zero-order valence-electron chi connectivity index (χ0n) is 11.1. The van der Waals surface area contributed by atoms with Crippen molar-refractivity contribution in [1.29, 1.82) is 0 Å². The normalized spacial score (nSPS) is 14.6. The second-order valence-corrected chi connectivity index (χ2v) is 4.97. The van der Waals surface area contributed by atoms with Crippen LogP contribution in [0.25, 0.3) is 11.1 Å². The first kappa shape index (κ1) is 12.0. The number of hydrogen-bond donors (Lipinski definition) is 0. The molecular weight excluding hydrogens is 236 g/mol. The van der Waals surface area contributed by atoms with E-state index in [4.69, 9.17) is 4.74 Å². The fourth-order valence-electron chi connectivity index (χ4n) is 3.03. The SMILES string of the molecule is CC(=O)O[C@H](C)C1c2ccccc2-c2ccccc21. The largest absolute Gasteiger partial charge is 0.462 e. The third-order valence-corrected chi connectivity index (χ3v) is 3.70. The summed E-state index contributed by atoms with van der Waals surface area (Å²) in [6.45, 7) is 3.42. The molecule has 3 rings (SSSR count). The number of rotatable bonds is 2. The molecule has 0 aliphatic heterocycles. The lowest BCUT2D eigenvalue weighted by atomic mass is 9.92. The van der Waals surface area contributed by atoms with E-state index >= 15 is 0 Å². The highest BCUT2D eigenvalue weighted by atomic mass is 16.5. The number of benzene rings is 2. The van der Waals surface area contributed by atoms with Crippen LogP contribution in [0, 0.1) is 0 Å². The van der Waals surface area contributed by atoms with Gasteiger partial charge in [-0.05, 0) is 29.2 Å². The average Bonchev–Trinajstić information content (AvgIpc) is 2.72. The molecule has 0 amide bonds. The maximum Gasteiger partial charge on any atom is 0.302 e. The van der Waals surface area contributed by atoms with Gasteiger partial charge in [0.15, 0.2) is 0 Å². The van der Waals surface area contributed by atoms with E-state index in [9.17, 15) is 4.79 Å². The first-order valence-corrected chi connectivity index (χ1v) is 6.54. The van der Waals surface area contributed by atoms with Crippen LogP contribution in [0.4, 0.5) is 0 Å². The molecule has 2 aromatic carbocycles. The van der Waals surface area contributed by atoms with Crippen molar-refractivity contribution < 1.29 is 9.53 Å². The van der Waals surface area contributed by atoms with E-state index in [2.05, 4.69) is 36.4 Å². The molecule has 0 bridgehead atoms. The predicted molar refractivity (Wildman–Crippen MR) is 74.9 cm³/mol. The van der Waals surface area contributed by atoms with Crippen molar-refractivity contribution in [2.75, 3.05) is 0 Å². The van der Waals surface area contributed by atoms with Gasteiger partial charge in [0.25, 0.3) is 0 Å². The van der Waals surface area contributed by atoms with Gasteiger partial charge in [-0.15, -0.1) is 0 Å². The summed E-state index contributed by atoms with van der Waals surface area (Å²) in [5, 5.41) is 0. The Bertz CT molecular complexity index is 585. The minimum Gasteiger partial charge on any atom is -0.462 e. The van der Waals surface area contributed by atoms with Crippen LogP contribution in [0.5, 0.6) is 0 Å². The van der Waals surface area contributed by atoms with Gasteiger partial charge < -0.3 is 4.74 Å². The van der Waals surface area contributed by atoms with Crippen LogP contribution >= 0.6 is 0 Å². The predicted octanol–water partition coefficient (Wildman–Crippen LogP) is 3.75. The van der Waals surface area contributed by atoms with Gasteiger partial charge in [-0.3, -0.25) is 4.79 Å². The molecule has 0 spiro atoms. The maximum atomic E-state index is 11.2. The van der Waals surface area contributed by atoms with E-state index in [1.165, 1.54) is 29.2 Å². The van der Waals surface area contributed by atoms with Gasteiger partial charge in [0.1, 0.15) is 6.10 Å². The van der Waals surface area contributed by atoms with Crippen molar-refractivity contribution in [3.05, 3.63) is 59.7 Å². The third-order valence-electron chi connectivity index (χ3n) is 3.70. The summed E-state index contributed by atoms with van der Waals surface area (Å²) in [5.74, 6) is -0.0920. The summed E-state index contributed by atoms with van der Waals surface area (Å²) in [6, 6.07) is 16.7. The van der Waals surface area contributed by atoms with Crippen LogP contribution in [0.15, 0.2) is 48.5 Å². The number of carbonyl (C=O) groups excluding carboxylic acids is 1. The van der Waals surface area contributed by atoms with Crippen LogP contribution < -0.4 is 0 Å². The van der Waals surface area contributed by atoms with Crippen LogP contribution in [0.3, 0.4) is 0 Å². The van der Waals surface area contributed by atoms with Crippen molar-refractivity contribution in [1.82, 2.24) is 0 Å². The van der Waals surface area contributed by atoms with Gasteiger partial charge in [-0.2, -0.15) is 0 Å². The van der Waals surface area contributed by atoms with Crippen LogP contribution in [-0.4, -0.2) is 12.1 Å². The first-order valence-electron chi connectivity index (χ1n) is 6.54. The second kappa shape index (κ2) is 4.54. The van der Waals surface area contributed by atoms with Crippen LogP contribution in [0.2, 0.25) is 0 Å². The quantitative estimate of drug-likeness (QED) is 0.761. The molecule has 96 valence electrons. The van der Waals surface area contributed by atoms with E-state index in [-0.39, 0.29) is 18.0 Å². The third kappa shape index (κ3) is 1.93.